The summed E-state index contributed by atoms with van der Waals surface area (Å²) in [5, 5.41) is 18.3. The lowest BCUT2D eigenvalue weighted by atomic mass is 10.1. The van der Waals surface area contributed by atoms with Gasteiger partial charge in [-0.05, 0) is 55.3 Å². The molecule has 21 heavy (non-hydrogen) atoms. The van der Waals surface area contributed by atoms with Crippen molar-refractivity contribution < 1.29 is 14.2 Å². The van der Waals surface area contributed by atoms with Crippen molar-refractivity contribution in [2.45, 2.75) is 26.6 Å². The highest BCUT2D eigenvalue weighted by Gasteiger charge is 2.08. The van der Waals surface area contributed by atoms with E-state index in [1.54, 1.807) is 19.1 Å². The van der Waals surface area contributed by atoms with E-state index in [9.17, 15) is 9.50 Å². The van der Waals surface area contributed by atoms with E-state index in [0.717, 1.165) is 11.1 Å². The van der Waals surface area contributed by atoms with Crippen LogP contribution in [0.4, 0.5) is 4.39 Å². The van der Waals surface area contributed by atoms with Crippen LogP contribution in [0.5, 0.6) is 5.75 Å². The predicted molar refractivity (Wildman–Crippen MR) is 77.3 cm³/mol. The lowest BCUT2D eigenvalue weighted by Gasteiger charge is -2.12. The molecule has 0 aliphatic carbocycles. The molecular weight excluding hydrogens is 269 g/mol. The number of nitriles is 1. The Balaban J connectivity index is 2.15. The molecular formula is C17H16FNO2. The number of rotatable bonds is 4. The quantitative estimate of drug-likeness (QED) is 0.933. The molecule has 4 heteroatoms. The van der Waals surface area contributed by atoms with E-state index in [-0.39, 0.29) is 6.61 Å². The third-order valence-electron chi connectivity index (χ3n) is 3.24. The first-order valence-corrected chi connectivity index (χ1v) is 6.61. The van der Waals surface area contributed by atoms with Gasteiger partial charge in [0, 0.05) is 5.56 Å². The third-order valence-corrected chi connectivity index (χ3v) is 3.24. The molecule has 0 saturated heterocycles. The maximum absolute atomic E-state index is 13.7. The van der Waals surface area contributed by atoms with Gasteiger partial charge in [-0.25, -0.2) is 4.39 Å². The molecule has 3 nitrogen and oxygen atoms in total. The number of benzene rings is 2. The topological polar surface area (TPSA) is 53.2 Å². The molecule has 0 aromatic heterocycles. The van der Waals surface area contributed by atoms with Crippen LogP contribution in [0.3, 0.4) is 0 Å². The van der Waals surface area contributed by atoms with Gasteiger partial charge >= 0.3 is 0 Å². The fourth-order valence-electron chi connectivity index (χ4n) is 2.00. The maximum Gasteiger partial charge on any atom is 0.129 e. The Kier molecular flexibility index (Phi) is 4.56. The Morgan fingerprint density at radius 3 is 2.67 bits per heavy atom. The normalized spacial score (nSPS) is 11.8. The molecule has 108 valence electrons. The third kappa shape index (κ3) is 3.59. The lowest BCUT2D eigenvalue weighted by Crippen LogP contribution is -2.01. The highest BCUT2D eigenvalue weighted by Crippen LogP contribution is 2.24. The highest BCUT2D eigenvalue weighted by molar-refractivity contribution is 5.38. The average molecular weight is 285 g/mol. The molecule has 0 heterocycles. The second-order valence-corrected chi connectivity index (χ2v) is 4.91. The summed E-state index contributed by atoms with van der Waals surface area (Å²) in [6.07, 6.45) is -0.539. The van der Waals surface area contributed by atoms with Gasteiger partial charge in [0.05, 0.1) is 17.7 Å². The smallest absolute Gasteiger partial charge is 0.129 e. The monoisotopic (exact) mass is 285 g/mol. The van der Waals surface area contributed by atoms with E-state index in [4.69, 9.17) is 10.00 Å². The van der Waals surface area contributed by atoms with E-state index in [0.29, 0.717) is 16.9 Å². The molecule has 0 spiro atoms. The van der Waals surface area contributed by atoms with Gasteiger partial charge in [0.15, 0.2) is 0 Å². The molecule has 1 atom stereocenters. The van der Waals surface area contributed by atoms with Crippen molar-refractivity contribution in [2.75, 3.05) is 0 Å². The number of aryl methyl sites for hydroxylation is 1. The van der Waals surface area contributed by atoms with E-state index in [1.165, 1.54) is 18.2 Å². The Hall–Kier alpha value is -2.38. The number of aliphatic hydroxyl groups is 1. The molecule has 0 bridgehead atoms. The second-order valence-electron chi connectivity index (χ2n) is 4.91. The zero-order valence-electron chi connectivity index (χ0n) is 11.9. The van der Waals surface area contributed by atoms with Crippen LogP contribution < -0.4 is 4.74 Å². The van der Waals surface area contributed by atoms with Crippen LogP contribution in [-0.2, 0) is 6.61 Å². The van der Waals surface area contributed by atoms with Gasteiger partial charge in [0.1, 0.15) is 18.2 Å². The summed E-state index contributed by atoms with van der Waals surface area (Å²) in [5.41, 5.74) is 2.41. The molecule has 0 radical (unpaired) electrons. The summed E-state index contributed by atoms with van der Waals surface area (Å²) < 4.78 is 19.3. The number of ether oxygens (including phenoxy) is 1. The van der Waals surface area contributed by atoms with E-state index in [2.05, 4.69) is 0 Å². The van der Waals surface area contributed by atoms with Crippen molar-refractivity contribution in [3.05, 3.63) is 64.5 Å². The SMILES string of the molecule is Cc1cc([C@@H](C)O)ccc1OCc1cc(C#N)ccc1F. The summed E-state index contributed by atoms with van der Waals surface area (Å²) in [7, 11) is 0. The van der Waals surface area contributed by atoms with Gasteiger partial charge in [0.25, 0.3) is 0 Å². The minimum atomic E-state index is -0.539. The van der Waals surface area contributed by atoms with Crippen molar-refractivity contribution >= 4 is 0 Å². The molecule has 2 aromatic rings. The van der Waals surface area contributed by atoms with Crippen molar-refractivity contribution in [2.24, 2.45) is 0 Å². The Morgan fingerprint density at radius 1 is 1.29 bits per heavy atom. The first-order chi connectivity index (χ1) is 10.0. The van der Waals surface area contributed by atoms with Gasteiger partial charge in [0.2, 0.25) is 0 Å². The fourth-order valence-corrected chi connectivity index (χ4v) is 2.00. The van der Waals surface area contributed by atoms with Crippen LogP contribution in [-0.4, -0.2) is 5.11 Å². The zero-order valence-corrected chi connectivity index (χ0v) is 11.9. The maximum atomic E-state index is 13.7. The number of aliphatic hydroxyl groups excluding tert-OH is 1. The van der Waals surface area contributed by atoms with Crippen molar-refractivity contribution in [3.8, 4) is 11.8 Å². The summed E-state index contributed by atoms with van der Waals surface area (Å²) in [6, 6.07) is 11.5. The van der Waals surface area contributed by atoms with E-state index in [1.807, 2.05) is 19.1 Å². The molecule has 1 N–H and O–H groups in total. The second kappa shape index (κ2) is 6.38. The molecule has 0 saturated carbocycles. The van der Waals surface area contributed by atoms with Crippen LogP contribution in [0.15, 0.2) is 36.4 Å². The number of halogens is 1. The van der Waals surface area contributed by atoms with Crippen LogP contribution in [0, 0.1) is 24.1 Å². The molecule has 2 aromatic carbocycles. The Labute approximate surface area is 123 Å². The molecule has 0 aliphatic heterocycles. The van der Waals surface area contributed by atoms with Gasteiger partial charge in [-0.1, -0.05) is 6.07 Å². The number of hydrogen-bond acceptors (Lipinski definition) is 3. The first-order valence-electron chi connectivity index (χ1n) is 6.61. The van der Waals surface area contributed by atoms with Gasteiger partial charge < -0.3 is 9.84 Å². The van der Waals surface area contributed by atoms with Crippen molar-refractivity contribution in [1.29, 1.82) is 5.26 Å². The predicted octanol–water partition coefficient (Wildman–Crippen LogP) is 3.64. The largest absolute Gasteiger partial charge is 0.489 e. The average Bonchev–Trinajstić information content (AvgIpc) is 2.47. The first kappa shape index (κ1) is 15.0. The molecule has 2 rings (SSSR count). The molecule has 0 unspecified atom stereocenters. The minimum Gasteiger partial charge on any atom is -0.489 e. The van der Waals surface area contributed by atoms with E-state index >= 15 is 0 Å². The minimum absolute atomic E-state index is 0.0518. The summed E-state index contributed by atoms with van der Waals surface area (Å²) in [6.45, 7) is 3.61. The van der Waals surface area contributed by atoms with Crippen LogP contribution in [0.2, 0.25) is 0 Å². The van der Waals surface area contributed by atoms with Crippen LogP contribution in [0.1, 0.15) is 35.3 Å². The lowest BCUT2D eigenvalue weighted by molar-refractivity contribution is 0.199. The Morgan fingerprint density at radius 2 is 2.05 bits per heavy atom. The van der Waals surface area contributed by atoms with Crippen molar-refractivity contribution in [1.82, 2.24) is 0 Å². The summed E-state index contributed by atoms with van der Waals surface area (Å²) in [5.74, 6) is 0.230. The zero-order chi connectivity index (χ0) is 15.4. The fraction of sp³-hybridized carbons (Fsp3) is 0.235. The summed E-state index contributed by atoms with van der Waals surface area (Å²) in [4.78, 5) is 0. The van der Waals surface area contributed by atoms with Crippen LogP contribution in [0.25, 0.3) is 0 Å². The van der Waals surface area contributed by atoms with Gasteiger partial charge in [-0.2, -0.15) is 5.26 Å². The van der Waals surface area contributed by atoms with E-state index < -0.39 is 11.9 Å². The molecule has 0 amide bonds. The summed E-state index contributed by atoms with van der Waals surface area (Å²) >= 11 is 0. The van der Waals surface area contributed by atoms with Gasteiger partial charge in [-0.15, -0.1) is 0 Å². The standard InChI is InChI=1S/C17H16FNO2/c1-11-7-14(12(2)20)4-6-17(11)21-10-15-8-13(9-19)3-5-16(15)18/h3-8,12,20H,10H2,1-2H3/t12-/m1/s1. The highest BCUT2D eigenvalue weighted by atomic mass is 19.1. The van der Waals surface area contributed by atoms with Crippen LogP contribution >= 0.6 is 0 Å². The molecule has 0 aliphatic rings. The number of hydrogen-bond donors (Lipinski definition) is 1. The number of nitrogens with zero attached hydrogens (tertiary/aromatic N) is 1. The molecule has 0 fully saturated rings. The van der Waals surface area contributed by atoms with Gasteiger partial charge in [-0.3, -0.25) is 0 Å². The Bertz CT molecular complexity index is 690. The van der Waals surface area contributed by atoms with Crippen molar-refractivity contribution in [3.63, 3.8) is 0 Å².